The van der Waals surface area contributed by atoms with Crippen molar-refractivity contribution in [1.29, 1.82) is 0 Å². The van der Waals surface area contributed by atoms with Crippen molar-refractivity contribution in [3.8, 4) is 5.75 Å². The van der Waals surface area contributed by atoms with Crippen molar-refractivity contribution < 1.29 is 13.7 Å². The van der Waals surface area contributed by atoms with Crippen LogP contribution in [-0.2, 0) is 15.5 Å². The second-order valence-electron chi connectivity index (χ2n) is 5.65. The van der Waals surface area contributed by atoms with Crippen molar-refractivity contribution in [1.82, 2.24) is 5.32 Å². The minimum Gasteiger partial charge on any atom is -0.492 e. The van der Waals surface area contributed by atoms with Crippen LogP contribution in [0.2, 0.25) is 0 Å². The highest BCUT2D eigenvalue weighted by Gasteiger charge is 2.40. The van der Waals surface area contributed by atoms with Crippen LogP contribution in [0.15, 0.2) is 24.3 Å². The van der Waals surface area contributed by atoms with E-state index in [0.29, 0.717) is 13.2 Å². The Morgan fingerprint density at radius 2 is 2.14 bits per heavy atom. The van der Waals surface area contributed by atoms with Gasteiger partial charge in [-0.1, -0.05) is 25.1 Å². The predicted molar refractivity (Wildman–Crippen MR) is 84.1 cm³/mol. The van der Waals surface area contributed by atoms with Crippen LogP contribution in [0, 0.1) is 0 Å². The van der Waals surface area contributed by atoms with Gasteiger partial charge in [0.05, 0.1) is 22.6 Å². The SMILES string of the molecule is CCNC1c2ccccc2OCC1S(=O)C1CCOC1C. The second kappa shape index (κ2) is 6.46. The molecular formula is C16H23NO3S. The first-order valence-electron chi connectivity index (χ1n) is 7.68. The van der Waals surface area contributed by atoms with Crippen molar-refractivity contribution in [2.24, 2.45) is 0 Å². The van der Waals surface area contributed by atoms with Gasteiger partial charge in [-0.3, -0.25) is 4.21 Å². The first-order valence-corrected chi connectivity index (χ1v) is 8.96. The summed E-state index contributed by atoms with van der Waals surface area (Å²) in [5.74, 6) is 0.910. The highest BCUT2D eigenvalue weighted by molar-refractivity contribution is 7.86. The molecule has 2 aliphatic rings. The third kappa shape index (κ3) is 2.87. The zero-order valence-electron chi connectivity index (χ0n) is 12.6. The summed E-state index contributed by atoms with van der Waals surface area (Å²) in [7, 11) is -0.963. The molecule has 0 bridgehead atoms. The zero-order chi connectivity index (χ0) is 14.8. The number of hydrogen-bond acceptors (Lipinski definition) is 4. The fourth-order valence-corrected chi connectivity index (χ4v) is 5.19. The molecule has 1 aromatic carbocycles. The topological polar surface area (TPSA) is 47.6 Å². The number of para-hydroxylation sites is 1. The van der Waals surface area contributed by atoms with Gasteiger partial charge in [0.15, 0.2) is 0 Å². The first-order chi connectivity index (χ1) is 10.2. The van der Waals surface area contributed by atoms with Crippen LogP contribution < -0.4 is 10.1 Å². The van der Waals surface area contributed by atoms with E-state index in [1.165, 1.54) is 0 Å². The summed E-state index contributed by atoms with van der Waals surface area (Å²) in [6.07, 6.45) is 0.954. The van der Waals surface area contributed by atoms with Gasteiger partial charge in [-0.2, -0.15) is 0 Å². The number of nitrogens with one attached hydrogen (secondary N) is 1. The lowest BCUT2D eigenvalue weighted by Gasteiger charge is -2.35. The molecule has 1 aromatic rings. The molecule has 1 N–H and O–H groups in total. The lowest BCUT2D eigenvalue weighted by atomic mass is 10.0. The van der Waals surface area contributed by atoms with Crippen LogP contribution >= 0.6 is 0 Å². The average Bonchev–Trinajstić information content (AvgIpc) is 2.93. The summed E-state index contributed by atoms with van der Waals surface area (Å²) >= 11 is 0. The molecule has 116 valence electrons. The van der Waals surface area contributed by atoms with Crippen molar-refractivity contribution >= 4 is 10.8 Å². The summed E-state index contributed by atoms with van der Waals surface area (Å²) < 4.78 is 24.5. The van der Waals surface area contributed by atoms with Crippen molar-refractivity contribution in [2.75, 3.05) is 19.8 Å². The second-order valence-corrected chi connectivity index (χ2v) is 7.52. The smallest absolute Gasteiger partial charge is 0.124 e. The lowest BCUT2D eigenvalue weighted by molar-refractivity contribution is 0.126. The van der Waals surface area contributed by atoms with E-state index in [2.05, 4.69) is 18.3 Å². The summed E-state index contributed by atoms with van der Waals surface area (Å²) in [6, 6.07) is 8.14. The minimum atomic E-state index is -0.963. The Balaban J connectivity index is 1.86. The molecule has 21 heavy (non-hydrogen) atoms. The largest absolute Gasteiger partial charge is 0.492 e. The highest BCUT2D eigenvalue weighted by Crippen LogP contribution is 2.36. The monoisotopic (exact) mass is 309 g/mol. The molecule has 0 spiro atoms. The standard InChI is InChI=1S/C16H23NO3S/c1-3-17-16-12-6-4-5-7-13(12)20-10-15(16)21(18)14-8-9-19-11(14)2/h4-7,11,14-17H,3,8-10H2,1-2H3. The van der Waals surface area contributed by atoms with E-state index in [1.54, 1.807) is 0 Å². The number of ether oxygens (including phenoxy) is 2. The molecule has 1 fully saturated rings. The highest BCUT2D eigenvalue weighted by atomic mass is 32.2. The van der Waals surface area contributed by atoms with Crippen LogP contribution in [0.4, 0.5) is 0 Å². The molecular weight excluding hydrogens is 286 g/mol. The van der Waals surface area contributed by atoms with Gasteiger partial charge >= 0.3 is 0 Å². The van der Waals surface area contributed by atoms with Gasteiger partial charge in [-0.05, 0) is 26.0 Å². The number of rotatable bonds is 4. The summed E-state index contributed by atoms with van der Waals surface area (Å²) in [6.45, 7) is 6.18. The quantitative estimate of drug-likeness (QED) is 0.924. The molecule has 5 unspecified atom stereocenters. The minimum absolute atomic E-state index is 0.0194. The molecule has 0 amide bonds. The van der Waals surface area contributed by atoms with Crippen LogP contribution in [0.5, 0.6) is 5.75 Å². The fourth-order valence-electron chi connectivity index (χ4n) is 3.24. The molecule has 3 rings (SSSR count). The Kier molecular flexibility index (Phi) is 4.62. The van der Waals surface area contributed by atoms with Crippen LogP contribution in [0.3, 0.4) is 0 Å². The van der Waals surface area contributed by atoms with Gasteiger partial charge in [0.1, 0.15) is 12.4 Å². The van der Waals surface area contributed by atoms with E-state index in [9.17, 15) is 4.21 Å². The Bertz CT molecular complexity index is 522. The fraction of sp³-hybridized carbons (Fsp3) is 0.625. The Hall–Kier alpha value is -0.910. The van der Waals surface area contributed by atoms with E-state index < -0.39 is 10.8 Å². The molecule has 1 saturated heterocycles. The molecule has 2 aliphatic heterocycles. The van der Waals surface area contributed by atoms with Crippen LogP contribution in [0.25, 0.3) is 0 Å². The van der Waals surface area contributed by atoms with Crippen molar-refractivity contribution in [3.63, 3.8) is 0 Å². The van der Waals surface area contributed by atoms with E-state index >= 15 is 0 Å². The van der Waals surface area contributed by atoms with Gasteiger partial charge in [0.25, 0.3) is 0 Å². The maximum atomic E-state index is 13.0. The van der Waals surface area contributed by atoms with Crippen LogP contribution in [-0.4, -0.2) is 40.6 Å². The van der Waals surface area contributed by atoms with E-state index in [-0.39, 0.29) is 22.6 Å². The molecule has 4 nitrogen and oxygen atoms in total. The Morgan fingerprint density at radius 1 is 1.33 bits per heavy atom. The van der Waals surface area contributed by atoms with Gasteiger partial charge in [-0.15, -0.1) is 0 Å². The normalized spacial score (nSPS) is 33.2. The molecule has 2 heterocycles. The molecule has 5 heteroatoms. The molecule has 0 aliphatic carbocycles. The van der Waals surface area contributed by atoms with Crippen molar-refractivity contribution in [3.05, 3.63) is 29.8 Å². The number of fused-ring (bicyclic) bond motifs is 1. The summed E-state index contributed by atoms with van der Waals surface area (Å²) in [5.41, 5.74) is 1.12. The van der Waals surface area contributed by atoms with Gasteiger partial charge in [0, 0.05) is 23.0 Å². The zero-order valence-corrected chi connectivity index (χ0v) is 13.4. The predicted octanol–water partition coefficient (Wildman–Crippen LogP) is 2.02. The Labute approximate surface area is 128 Å². The average molecular weight is 309 g/mol. The Morgan fingerprint density at radius 3 is 2.86 bits per heavy atom. The molecule has 0 radical (unpaired) electrons. The van der Waals surface area contributed by atoms with Crippen molar-refractivity contribution in [2.45, 2.75) is 42.9 Å². The third-order valence-corrected chi connectivity index (χ3v) is 6.58. The maximum Gasteiger partial charge on any atom is 0.124 e. The lowest BCUT2D eigenvalue weighted by Crippen LogP contribution is -2.45. The number of hydrogen-bond donors (Lipinski definition) is 1. The van der Waals surface area contributed by atoms with E-state index in [0.717, 1.165) is 24.3 Å². The van der Waals surface area contributed by atoms with Gasteiger partial charge in [-0.25, -0.2) is 0 Å². The summed E-state index contributed by atoms with van der Waals surface area (Å²) in [4.78, 5) is 0. The maximum absolute atomic E-state index is 13.0. The molecule has 5 atom stereocenters. The van der Waals surface area contributed by atoms with Gasteiger partial charge in [0.2, 0.25) is 0 Å². The van der Waals surface area contributed by atoms with E-state index in [4.69, 9.17) is 9.47 Å². The van der Waals surface area contributed by atoms with Gasteiger partial charge < -0.3 is 14.8 Å². The van der Waals surface area contributed by atoms with E-state index in [1.807, 2.05) is 25.1 Å². The third-order valence-electron chi connectivity index (χ3n) is 4.36. The first kappa shape index (κ1) is 15.0. The number of benzene rings is 1. The molecule has 0 saturated carbocycles. The summed E-state index contributed by atoms with van der Waals surface area (Å²) in [5, 5.41) is 3.59. The van der Waals surface area contributed by atoms with Crippen LogP contribution in [0.1, 0.15) is 31.9 Å². The molecule has 0 aromatic heterocycles.